The molecule has 47 heavy (non-hydrogen) atoms. The van der Waals surface area contributed by atoms with E-state index in [2.05, 4.69) is 113 Å². The van der Waals surface area contributed by atoms with Crippen LogP contribution in [0, 0.1) is 12.3 Å². The molecule has 4 atom stereocenters. The summed E-state index contributed by atoms with van der Waals surface area (Å²) >= 11 is 0. The number of benzene rings is 3. The molecule has 0 radical (unpaired) electrons. The summed E-state index contributed by atoms with van der Waals surface area (Å²) in [4.78, 5) is 13.7. The molecule has 2 fully saturated rings. The van der Waals surface area contributed by atoms with Crippen molar-refractivity contribution in [2.75, 3.05) is 25.5 Å². The van der Waals surface area contributed by atoms with Crippen molar-refractivity contribution in [3.8, 4) is 22.3 Å². The SMILES string of the molecule is CNC(C)CC(NC=O)N(C)c1ccc(-c2ccc(-c3ccc(C4=CNC(C5CCCN5)N4)cc3)c3c2CC2(CCCC2)C3)cc1C. The Morgan fingerprint density at radius 3 is 2.28 bits per heavy atom. The van der Waals surface area contributed by atoms with Crippen LogP contribution in [0.25, 0.3) is 28.0 Å². The number of hydrogen-bond acceptors (Lipinski definition) is 6. The van der Waals surface area contributed by atoms with Gasteiger partial charge in [0, 0.05) is 37.4 Å². The summed E-state index contributed by atoms with van der Waals surface area (Å²) in [6, 6.07) is 21.6. The van der Waals surface area contributed by atoms with Crippen LogP contribution in [-0.2, 0) is 17.6 Å². The molecule has 1 saturated carbocycles. The first-order chi connectivity index (χ1) is 22.9. The minimum absolute atomic E-state index is 0.0839. The van der Waals surface area contributed by atoms with Crippen molar-refractivity contribution in [3.05, 3.63) is 83.1 Å². The van der Waals surface area contributed by atoms with Crippen LogP contribution in [-0.4, -0.2) is 51.5 Å². The topological polar surface area (TPSA) is 80.5 Å². The summed E-state index contributed by atoms with van der Waals surface area (Å²) in [5.41, 5.74) is 13.7. The highest BCUT2D eigenvalue weighted by atomic mass is 16.1. The minimum atomic E-state index is -0.0839. The van der Waals surface area contributed by atoms with Crippen molar-refractivity contribution in [3.63, 3.8) is 0 Å². The number of anilines is 1. The average Bonchev–Trinajstić information content (AvgIpc) is 3.92. The molecule has 3 aromatic rings. The third-order valence-corrected chi connectivity index (χ3v) is 11.6. The smallest absolute Gasteiger partial charge is 0.208 e. The van der Waals surface area contributed by atoms with Crippen molar-refractivity contribution in [2.45, 2.75) is 96.1 Å². The van der Waals surface area contributed by atoms with Gasteiger partial charge >= 0.3 is 0 Å². The fourth-order valence-corrected chi connectivity index (χ4v) is 8.82. The number of carbonyl (C=O) groups is 1. The lowest BCUT2D eigenvalue weighted by Gasteiger charge is -2.32. The first kappa shape index (κ1) is 31.8. The zero-order valence-corrected chi connectivity index (χ0v) is 28.6. The zero-order valence-electron chi connectivity index (χ0n) is 28.6. The van der Waals surface area contributed by atoms with Crippen LogP contribution in [0.5, 0.6) is 0 Å². The molecular formula is C40H52N6O. The van der Waals surface area contributed by atoms with E-state index < -0.39 is 0 Å². The van der Waals surface area contributed by atoms with E-state index in [9.17, 15) is 4.79 Å². The fraction of sp³-hybridized carbons (Fsp3) is 0.475. The van der Waals surface area contributed by atoms with Gasteiger partial charge in [0.05, 0.1) is 5.70 Å². The number of fused-ring (bicyclic) bond motifs is 1. The summed E-state index contributed by atoms with van der Waals surface area (Å²) in [5, 5.41) is 17.2. The molecule has 0 aromatic heterocycles. The molecule has 2 aliphatic heterocycles. The molecule has 3 aromatic carbocycles. The normalized spacial score (nSPS) is 22.3. The molecule has 7 rings (SSSR count). The van der Waals surface area contributed by atoms with Gasteiger partial charge in [-0.05, 0) is 128 Å². The molecule has 1 spiro atoms. The Kier molecular flexibility index (Phi) is 9.03. The Bertz CT molecular complexity index is 1620. The van der Waals surface area contributed by atoms with Crippen molar-refractivity contribution in [2.24, 2.45) is 5.41 Å². The molecule has 7 nitrogen and oxygen atoms in total. The minimum Gasteiger partial charge on any atom is -0.368 e. The number of nitrogens with zero attached hydrogens (tertiary/aromatic N) is 1. The molecule has 4 unspecified atom stereocenters. The maximum absolute atomic E-state index is 11.5. The fourth-order valence-electron chi connectivity index (χ4n) is 8.82. The molecule has 2 aliphatic carbocycles. The number of carbonyl (C=O) groups excluding carboxylic acids is 1. The van der Waals surface area contributed by atoms with Gasteiger partial charge in [0.25, 0.3) is 0 Å². The first-order valence-corrected chi connectivity index (χ1v) is 17.8. The van der Waals surface area contributed by atoms with Crippen LogP contribution in [0.4, 0.5) is 5.69 Å². The van der Waals surface area contributed by atoms with Gasteiger partial charge in [0.2, 0.25) is 6.41 Å². The number of rotatable bonds is 11. The molecule has 1 amide bonds. The molecule has 0 bridgehead atoms. The summed E-state index contributed by atoms with van der Waals surface area (Å²) < 4.78 is 0. The second-order valence-electron chi connectivity index (χ2n) is 14.6. The maximum atomic E-state index is 11.5. The van der Waals surface area contributed by atoms with Crippen LogP contribution >= 0.6 is 0 Å². The van der Waals surface area contributed by atoms with Crippen molar-refractivity contribution >= 4 is 17.8 Å². The molecule has 2 heterocycles. The van der Waals surface area contributed by atoms with E-state index >= 15 is 0 Å². The molecule has 5 N–H and O–H groups in total. The van der Waals surface area contributed by atoms with Crippen LogP contribution in [0.15, 0.2) is 60.8 Å². The summed E-state index contributed by atoms with van der Waals surface area (Å²) in [6.45, 7) is 5.45. The Labute approximate surface area is 281 Å². The number of aryl methyl sites for hydroxylation is 1. The van der Waals surface area contributed by atoms with Gasteiger partial charge in [-0.15, -0.1) is 0 Å². The highest BCUT2D eigenvalue weighted by Crippen LogP contribution is 2.53. The third kappa shape index (κ3) is 6.28. The Morgan fingerprint density at radius 1 is 0.957 bits per heavy atom. The largest absolute Gasteiger partial charge is 0.368 e. The predicted octanol–water partition coefficient (Wildman–Crippen LogP) is 6.06. The molecule has 7 heteroatoms. The monoisotopic (exact) mass is 632 g/mol. The molecule has 248 valence electrons. The highest BCUT2D eigenvalue weighted by molar-refractivity contribution is 5.81. The van der Waals surface area contributed by atoms with Crippen molar-refractivity contribution in [1.29, 1.82) is 0 Å². The van der Waals surface area contributed by atoms with E-state index in [1.54, 1.807) is 11.1 Å². The van der Waals surface area contributed by atoms with Gasteiger partial charge in [-0.1, -0.05) is 55.3 Å². The van der Waals surface area contributed by atoms with Gasteiger partial charge in [0.15, 0.2) is 0 Å². The number of nitrogens with one attached hydrogen (secondary N) is 5. The highest BCUT2D eigenvalue weighted by Gasteiger charge is 2.41. The number of hydrogen-bond donors (Lipinski definition) is 5. The van der Waals surface area contributed by atoms with E-state index in [0.717, 1.165) is 25.1 Å². The maximum Gasteiger partial charge on any atom is 0.208 e. The summed E-state index contributed by atoms with van der Waals surface area (Å²) in [5.74, 6) is 0. The van der Waals surface area contributed by atoms with Gasteiger partial charge in [-0.2, -0.15) is 0 Å². The van der Waals surface area contributed by atoms with E-state index in [1.165, 1.54) is 90.4 Å². The van der Waals surface area contributed by atoms with Gasteiger partial charge < -0.3 is 31.5 Å². The van der Waals surface area contributed by atoms with Crippen LogP contribution in [0.3, 0.4) is 0 Å². The quantitative estimate of drug-likeness (QED) is 0.131. The van der Waals surface area contributed by atoms with Gasteiger partial charge in [0.1, 0.15) is 12.3 Å². The lowest BCUT2D eigenvalue weighted by molar-refractivity contribution is -0.110. The van der Waals surface area contributed by atoms with Crippen molar-refractivity contribution < 1.29 is 4.79 Å². The predicted molar refractivity (Wildman–Crippen MR) is 194 cm³/mol. The lowest BCUT2D eigenvalue weighted by Crippen LogP contribution is -2.47. The Hall–Kier alpha value is -3.81. The molecule has 4 aliphatic rings. The average molecular weight is 633 g/mol. The summed E-state index contributed by atoms with van der Waals surface area (Å²) in [7, 11) is 4.04. The Morgan fingerprint density at radius 2 is 1.64 bits per heavy atom. The van der Waals surface area contributed by atoms with Crippen LogP contribution < -0.4 is 31.5 Å². The standard InChI is InChI=1S/C40H52N6O/c1-26-20-30(13-16-37(26)46(4)38(44-25-47)21-27(2)41-3)32-15-14-31(33-22-40(23-34(32)33)17-5-6-18-40)28-9-11-29(12-10-28)36-24-43-39(45-36)35-8-7-19-42-35/h9-16,20,24-25,27,35,38-39,41-43,45H,5-8,17-19,21-23H2,1-4H3,(H,44,47). The van der Waals surface area contributed by atoms with Gasteiger partial charge in [-0.25, -0.2) is 0 Å². The Balaban J connectivity index is 1.17. The van der Waals surface area contributed by atoms with E-state index in [4.69, 9.17) is 0 Å². The number of amides is 1. The zero-order chi connectivity index (χ0) is 32.5. The van der Waals surface area contributed by atoms with E-state index in [1.807, 2.05) is 7.05 Å². The first-order valence-electron chi connectivity index (χ1n) is 17.8. The van der Waals surface area contributed by atoms with Crippen molar-refractivity contribution in [1.82, 2.24) is 26.6 Å². The van der Waals surface area contributed by atoms with Gasteiger partial charge in [-0.3, -0.25) is 4.79 Å². The third-order valence-electron chi connectivity index (χ3n) is 11.6. The molecular weight excluding hydrogens is 580 g/mol. The molecule has 1 saturated heterocycles. The van der Waals surface area contributed by atoms with Crippen LogP contribution in [0.1, 0.15) is 74.1 Å². The second kappa shape index (κ2) is 13.4. The van der Waals surface area contributed by atoms with E-state index in [0.29, 0.717) is 11.5 Å². The van der Waals surface area contributed by atoms with E-state index in [-0.39, 0.29) is 18.4 Å². The second-order valence-corrected chi connectivity index (χ2v) is 14.6. The summed E-state index contributed by atoms with van der Waals surface area (Å²) in [6.07, 6.45) is 14.1. The lowest BCUT2D eigenvalue weighted by atomic mass is 9.82. The van der Waals surface area contributed by atoms with Crippen LogP contribution in [0.2, 0.25) is 0 Å².